The van der Waals surface area contributed by atoms with Gasteiger partial charge in [-0.3, -0.25) is 12.1 Å². The maximum absolute atomic E-state index is 4.73. The molecule has 114 valence electrons. The number of thiazole rings is 2. The van der Waals surface area contributed by atoms with E-state index >= 15 is 0 Å². The molecule has 6 heteroatoms. The SMILES string of the molecule is [K+].[K+].[c-]1c2nc(-c3ccccc3)sc2[c-]c2nc(-c3ccccc3)sc12. The molecule has 0 bridgehead atoms. The predicted molar refractivity (Wildman–Crippen MR) is 101 cm³/mol. The minimum absolute atomic E-state index is 0. The van der Waals surface area contributed by atoms with Gasteiger partial charge in [0.15, 0.2) is 0 Å². The van der Waals surface area contributed by atoms with Gasteiger partial charge in [0.1, 0.15) is 0 Å². The first kappa shape index (κ1) is 21.4. The van der Waals surface area contributed by atoms with Gasteiger partial charge >= 0.3 is 103 Å². The number of aromatic nitrogens is 2. The Balaban J connectivity index is 0.000000980. The van der Waals surface area contributed by atoms with Crippen LogP contribution in [0.25, 0.3) is 41.6 Å². The van der Waals surface area contributed by atoms with Crippen molar-refractivity contribution in [2.24, 2.45) is 0 Å². The second-order valence-corrected chi connectivity index (χ2v) is 7.37. The largest absolute Gasteiger partial charge is 1.00 e. The van der Waals surface area contributed by atoms with Crippen LogP contribution in [0.1, 0.15) is 0 Å². The van der Waals surface area contributed by atoms with Crippen molar-refractivity contribution in [3.05, 3.63) is 72.8 Å². The summed E-state index contributed by atoms with van der Waals surface area (Å²) in [6, 6.07) is 27.3. The van der Waals surface area contributed by atoms with Crippen molar-refractivity contribution in [3.63, 3.8) is 0 Å². The molecule has 26 heavy (non-hydrogen) atoms. The average Bonchev–Trinajstić information content (AvgIpc) is 3.24. The summed E-state index contributed by atoms with van der Waals surface area (Å²) in [4.78, 5) is 9.45. The van der Waals surface area contributed by atoms with Crippen LogP contribution < -0.4 is 103 Å². The molecule has 0 unspecified atom stereocenters. The van der Waals surface area contributed by atoms with Crippen LogP contribution >= 0.6 is 22.7 Å². The van der Waals surface area contributed by atoms with Crippen molar-refractivity contribution in [1.29, 1.82) is 0 Å². The molecule has 0 N–H and O–H groups in total. The Bertz CT molecular complexity index is 1010. The van der Waals surface area contributed by atoms with Crippen molar-refractivity contribution >= 4 is 43.1 Å². The summed E-state index contributed by atoms with van der Waals surface area (Å²) < 4.78 is 2.01. The predicted octanol–water partition coefficient (Wildman–Crippen LogP) is -0.152. The molecule has 2 aromatic heterocycles. The molecule has 0 aliphatic heterocycles. The number of benzene rings is 3. The first-order valence-electron chi connectivity index (χ1n) is 7.53. The zero-order valence-electron chi connectivity index (χ0n) is 14.5. The van der Waals surface area contributed by atoms with Crippen molar-refractivity contribution in [1.82, 2.24) is 9.97 Å². The average molecular weight is 421 g/mol. The van der Waals surface area contributed by atoms with E-state index in [1.54, 1.807) is 22.7 Å². The quantitative estimate of drug-likeness (QED) is 0.293. The van der Waals surface area contributed by atoms with Gasteiger partial charge in [0.05, 0.1) is 10.0 Å². The fourth-order valence-corrected chi connectivity index (χ4v) is 4.45. The number of nitrogens with zero attached hydrogens (tertiary/aromatic N) is 2. The molecule has 5 aromatic rings. The molecular weight excluding hydrogens is 411 g/mol. The molecule has 5 rings (SSSR count). The van der Waals surface area contributed by atoms with Gasteiger partial charge < -0.3 is 9.97 Å². The number of hydrogen-bond donors (Lipinski definition) is 0. The molecule has 0 atom stereocenters. The molecule has 0 fully saturated rings. The maximum atomic E-state index is 4.73. The Morgan fingerprint density at radius 1 is 0.577 bits per heavy atom. The van der Waals surface area contributed by atoms with Crippen LogP contribution in [0.4, 0.5) is 0 Å². The zero-order valence-corrected chi connectivity index (χ0v) is 22.4. The van der Waals surface area contributed by atoms with Gasteiger partial charge in [0.25, 0.3) is 0 Å². The molecule has 0 radical (unpaired) electrons. The summed E-state index contributed by atoms with van der Waals surface area (Å²) in [5, 5.41) is 2.00. The van der Waals surface area contributed by atoms with Gasteiger partial charge in [-0.25, -0.2) is 22.7 Å². The van der Waals surface area contributed by atoms with E-state index in [2.05, 4.69) is 36.4 Å². The normalized spacial score (nSPS) is 10.5. The van der Waals surface area contributed by atoms with Crippen LogP contribution in [0.5, 0.6) is 0 Å². The van der Waals surface area contributed by atoms with Crippen LogP contribution in [0, 0.1) is 12.1 Å². The van der Waals surface area contributed by atoms with Crippen LogP contribution in [0.2, 0.25) is 0 Å². The third kappa shape index (κ3) is 4.32. The molecule has 2 heterocycles. The van der Waals surface area contributed by atoms with Gasteiger partial charge in [-0.05, 0) is 0 Å². The Hall–Kier alpha value is 0.713. The second-order valence-electron chi connectivity index (χ2n) is 5.38. The van der Waals surface area contributed by atoms with Crippen molar-refractivity contribution < 1.29 is 103 Å². The van der Waals surface area contributed by atoms with E-state index in [-0.39, 0.29) is 103 Å². The minimum Gasteiger partial charge on any atom is -0.329 e. The number of hydrogen-bond acceptors (Lipinski definition) is 4. The van der Waals surface area contributed by atoms with Crippen LogP contribution in [-0.2, 0) is 0 Å². The molecule has 0 aliphatic carbocycles. The zero-order chi connectivity index (χ0) is 15.9. The summed E-state index contributed by atoms with van der Waals surface area (Å²) in [6.07, 6.45) is 0. The molecule has 0 spiro atoms. The van der Waals surface area contributed by atoms with Gasteiger partial charge in [0.2, 0.25) is 0 Å². The van der Waals surface area contributed by atoms with Crippen LogP contribution in [-0.4, -0.2) is 9.97 Å². The Labute approximate surface area is 244 Å². The standard InChI is InChI=1S/C20H10N2S2.2K/c1-3-7-13(8-4-1)19-21-15-11-18-16(12-17(15)23-19)22-20(24-18)14-9-5-2-6-10-14;;/h1-10H;;/q-2;2*+1. The van der Waals surface area contributed by atoms with Gasteiger partial charge in [-0.1, -0.05) is 60.7 Å². The van der Waals surface area contributed by atoms with E-state index in [4.69, 9.17) is 9.97 Å². The Morgan fingerprint density at radius 3 is 1.35 bits per heavy atom. The van der Waals surface area contributed by atoms with Crippen LogP contribution in [0.3, 0.4) is 0 Å². The van der Waals surface area contributed by atoms with E-state index in [1.807, 2.05) is 36.4 Å². The monoisotopic (exact) mass is 420 g/mol. The van der Waals surface area contributed by atoms with Crippen LogP contribution in [0.15, 0.2) is 60.7 Å². The third-order valence-corrected chi connectivity index (χ3v) is 5.80. The third-order valence-electron chi connectivity index (χ3n) is 3.76. The Kier molecular flexibility index (Phi) is 7.81. The summed E-state index contributed by atoms with van der Waals surface area (Å²) in [5.41, 5.74) is 3.99. The fourth-order valence-electron chi connectivity index (χ4n) is 2.60. The first-order valence-corrected chi connectivity index (χ1v) is 9.17. The minimum atomic E-state index is 0. The topological polar surface area (TPSA) is 25.8 Å². The van der Waals surface area contributed by atoms with Crippen molar-refractivity contribution in [2.75, 3.05) is 0 Å². The molecule has 2 nitrogen and oxygen atoms in total. The fraction of sp³-hybridized carbons (Fsp3) is 0. The number of rotatable bonds is 2. The second kappa shape index (κ2) is 9.47. The van der Waals surface area contributed by atoms with Gasteiger partial charge in [-0.15, -0.1) is 11.0 Å². The summed E-state index contributed by atoms with van der Waals surface area (Å²) in [7, 11) is 0. The van der Waals surface area contributed by atoms with Gasteiger partial charge in [-0.2, -0.15) is 9.40 Å². The molecule has 0 saturated heterocycles. The smallest absolute Gasteiger partial charge is 0.329 e. The van der Waals surface area contributed by atoms with E-state index in [0.717, 1.165) is 41.6 Å². The summed E-state index contributed by atoms with van der Waals surface area (Å²) >= 11 is 3.27. The van der Waals surface area contributed by atoms with E-state index in [0.29, 0.717) is 0 Å². The van der Waals surface area contributed by atoms with Crippen molar-refractivity contribution in [3.8, 4) is 21.1 Å². The van der Waals surface area contributed by atoms with Gasteiger partial charge in [0, 0.05) is 11.1 Å². The summed E-state index contributed by atoms with van der Waals surface area (Å²) in [5.74, 6) is 0. The van der Waals surface area contributed by atoms with E-state index < -0.39 is 0 Å². The molecule has 0 aliphatic rings. The summed E-state index contributed by atoms with van der Waals surface area (Å²) in [6.45, 7) is 0. The molecule has 3 aromatic carbocycles. The first-order chi connectivity index (χ1) is 11.9. The van der Waals surface area contributed by atoms with Crippen molar-refractivity contribution in [2.45, 2.75) is 0 Å². The molecule has 0 amide bonds. The number of fused-ring (bicyclic) bond motifs is 2. The molecular formula is C20H10K2N2S2. The maximum Gasteiger partial charge on any atom is 1.00 e. The molecule has 0 saturated carbocycles. The van der Waals surface area contributed by atoms with E-state index in [9.17, 15) is 0 Å². The van der Waals surface area contributed by atoms with E-state index in [1.165, 1.54) is 0 Å². The Morgan fingerprint density at radius 2 is 0.962 bits per heavy atom.